The van der Waals surface area contributed by atoms with Crippen molar-refractivity contribution >= 4 is 51.7 Å². The van der Waals surface area contributed by atoms with Gasteiger partial charge in [0.2, 0.25) is 0 Å². The number of carbonyl (C=O) groups excluding carboxylic acids is 1. The predicted octanol–water partition coefficient (Wildman–Crippen LogP) is 4.94. The van der Waals surface area contributed by atoms with Crippen LogP contribution in [0.5, 0.6) is 5.75 Å². The number of halogens is 1. The number of hydrogen-bond acceptors (Lipinski definition) is 6. The molecule has 0 fully saturated rings. The van der Waals surface area contributed by atoms with E-state index in [4.69, 9.17) is 14.5 Å². The van der Waals surface area contributed by atoms with Gasteiger partial charge in [0.25, 0.3) is 5.56 Å². The van der Waals surface area contributed by atoms with Gasteiger partial charge < -0.3 is 9.47 Å². The lowest BCUT2D eigenvalue weighted by Crippen LogP contribution is -2.40. The van der Waals surface area contributed by atoms with Gasteiger partial charge in [0.15, 0.2) is 4.80 Å². The summed E-state index contributed by atoms with van der Waals surface area (Å²) in [4.78, 5) is 32.8. The number of nitrogens with zero attached hydrogens (tertiary/aromatic N) is 2. The van der Waals surface area contributed by atoms with Crippen LogP contribution < -0.4 is 19.6 Å². The molecule has 4 aromatic rings. The number of esters is 1. The summed E-state index contributed by atoms with van der Waals surface area (Å²) >= 11 is 3.57. The highest BCUT2D eigenvalue weighted by Gasteiger charge is 2.35. The maximum atomic E-state index is 13.9. The van der Waals surface area contributed by atoms with Gasteiger partial charge in [-0.05, 0) is 77.9 Å². The van der Waals surface area contributed by atoms with Gasteiger partial charge in [-0.1, -0.05) is 65.9 Å². The summed E-state index contributed by atoms with van der Waals surface area (Å²) in [5, 5.41) is 0. The molecule has 0 radical (unpaired) electrons. The number of hydrogen-bond donors (Lipinski definition) is 0. The first-order chi connectivity index (χ1) is 18.5. The molecule has 1 aliphatic rings. The minimum absolute atomic E-state index is 0.206. The van der Waals surface area contributed by atoms with Crippen molar-refractivity contribution in [3.63, 3.8) is 0 Å². The van der Waals surface area contributed by atoms with Crippen LogP contribution in [0.2, 0.25) is 0 Å². The normalized spacial score (nSPS) is 15.1. The van der Waals surface area contributed by atoms with Crippen LogP contribution in [0.4, 0.5) is 0 Å². The molecule has 3 aromatic carbocycles. The van der Waals surface area contributed by atoms with Crippen LogP contribution in [0.1, 0.15) is 36.6 Å². The van der Waals surface area contributed by atoms with Gasteiger partial charge in [0.05, 0.1) is 35.1 Å². The molecule has 6 nitrogen and oxygen atoms in total. The van der Waals surface area contributed by atoms with Crippen LogP contribution >= 0.6 is 33.9 Å². The van der Waals surface area contributed by atoms with Gasteiger partial charge >= 0.3 is 5.97 Å². The molecule has 0 amide bonds. The zero-order valence-corrected chi connectivity index (χ0v) is 23.9. The quantitative estimate of drug-likeness (QED) is 0.213. The summed E-state index contributed by atoms with van der Waals surface area (Å²) in [5.41, 5.74) is 3.09. The molecule has 2 heterocycles. The summed E-state index contributed by atoms with van der Waals surface area (Å²) in [5.74, 6) is 0.216. The number of carbonyl (C=O) groups is 1. The molecule has 0 saturated heterocycles. The van der Waals surface area contributed by atoms with Crippen molar-refractivity contribution in [1.82, 2.24) is 4.57 Å². The van der Waals surface area contributed by atoms with Crippen LogP contribution in [0.25, 0.3) is 11.8 Å². The molecule has 8 heteroatoms. The van der Waals surface area contributed by atoms with E-state index in [-0.39, 0.29) is 12.2 Å². The highest BCUT2D eigenvalue weighted by molar-refractivity contribution is 14.1. The fraction of sp³-hybridized carbons (Fsp3) is 0.167. The molecule has 0 spiro atoms. The smallest absolute Gasteiger partial charge is 0.338 e. The Morgan fingerprint density at radius 1 is 1.03 bits per heavy atom. The van der Waals surface area contributed by atoms with E-state index in [1.807, 2.05) is 91.9 Å². The molecule has 0 saturated carbocycles. The molecule has 1 aromatic heterocycles. The number of aromatic nitrogens is 1. The predicted molar refractivity (Wildman–Crippen MR) is 158 cm³/mol. The molecule has 0 aliphatic carbocycles. The summed E-state index contributed by atoms with van der Waals surface area (Å²) in [6.45, 7) is 4.44. The molecule has 38 heavy (non-hydrogen) atoms. The largest absolute Gasteiger partial charge is 0.494 e. The second-order valence-electron chi connectivity index (χ2n) is 8.49. The molecule has 192 valence electrons. The Morgan fingerprint density at radius 2 is 1.79 bits per heavy atom. The van der Waals surface area contributed by atoms with Gasteiger partial charge in [0, 0.05) is 9.13 Å². The first-order valence-electron chi connectivity index (χ1n) is 12.3. The number of benzene rings is 3. The Labute approximate surface area is 237 Å². The molecular weight excluding hydrogens is 611 g/mol. The summed E-state index contributed by atoms with van der Waals surface area (Å²) < 4.78 is 14.4. The summed E-state index contributed by atoms with van der Waals surface area (Å²) in [6, 6.07) is 24.2. The molecule has 1 atom stereocenters. The van der Waals surface area contributed by atoms with Crippen LogP contribution in [0.15, 0.2) is 94.2 Å². The van der Waals surface area contributed by atoms with Crippen LogP contribution in [0, 0.1) is 3.57 Å². The van der Waals surface area contributed by atoms with Crippen molar-refractivity contribution in [2.75, 3.05) is 13.2 Å². The van der Waals surface area contributed by atoms with E-state index in [2.05, 4.69) is 22.6 Å². The fourth-order valence-electron chi connectivity index (χ4n) is 4.42. The van der Waals surface area contributed by atoms with Gasteiger partial charge in [-0.2, -0.15) is 0 Å². The maximum absolute atomic E-state index is 13.9. The van der Waals surface area contributed by atoms with Crippen molar-refractivity contribution in [3.8, 4) is 5.75 Å². The average Bonchev–Trinajstić information content (AvgIpc) is 3.23. The number of thiazole rings is 1. The minimum atomic E-state index is -0.714. The second-order valence-corrected chi connectivity index (χ2v) is 10.7. The Kier molecular flexibility index (Phi) is 7.90. The van der Waals surface area contributed by atoms with E-state index in [1.54, 1.807) is 11.5 Å². The van der Waals surface area contributed by atoms with Crippen molar-refractivity contribution in [2.24, 2.45) is 4.99 Å². The Balaban J connectivity index is 1.80. The van der Waals surface area contributed by atoms with Crippen molar-refractivity contribution in [3.05, 3.63) is 124 Å². The van der Waals surface area contributed by atoms with Gasteiger partial charge in [0.1, 0.15) is 5.75 Å². The molecule has 0 bridgehead atoms. The van der Waals surface area contributed by atoms with E-state index < -0.39 is 12.0 Å². The Morgan fingerprint density at radius 3 is 2.47 bits per heavy atom. The molecule has 0 N–H and O–H groups in total. The average molecular weight is 637 g/mol. The van der Waals surface area contributed by atoms with E-state index in [1.165, 1.54) is 11.3 Å². The first-order valence-corrected chi connectivity index (χ1v) is 14.2. The van der Waals surface area contributed by atoms with Crippen molar-refractivity contribution < 1.29 is 14.3 Å². The van der Waals surface area contributed by atoms with Crippen LogP contribution in [-0.2, 0) is 9.53 Å². The Bertz CT molecular complexity index is 1690. The third kappa shape index (κ3) is 5.23. The van der Waals surface area contributed by atoms with Crippen molar-refractivity contribution in [2.45, 2.75) is 19.9 Å². The second kappa shape index (κ2) is 11.5. The lowest BCUT2D eigenvalue weighted by atomic mass is 9.93. The fourth-order valence-corrected chi connectivity index (χ4v) is 5.98. The first kappa shape index (κ1) is 26.1. The van der Waals surface area contributed by atoms with Gasteiger partial charge in [-0.25, -0.2) is 9.79 Å². The SMILES string of the molecule is CCOC(=O)C1=C(c2ccccc2)N=c2s/c(=C/c3cccc(I)c3)c(=O)n2[C@H]1c1ccc(OCC)cc1. The number of ether oxygens (including phenoxy) is 2. The van der Waals surface area contributed by atoms with Crippen LogP contribution in [-0.4, -0.2) is 23.8 Å². The van der Waals surface area contributed by atoms with Crippen LogP contribution in [0.3, 0.4) is 0 Å². The van der Waals surface area contributed by atoms with E-state index in [9.17, 15) is 9.59 Å². The maximum Gasteiger partial charge on any atom is 0.338 e. The third-order valence-corrected chi connectivity index (χ3v) is 7.68. The number of fused-ring (bicyclic) bond motifs is 1. The molecule has 5 rings (SSSR count). The van der Waals surface area contributed by atoms with E-state index >= 15 is 0 Å². The minimum Gasteiger partial charge on any atom is -0.494 e. The highest BCUT2D eigenvalue weighted by Crippen LogP contribution is 2.35. The third-order valence-electron chi connectivity index (χ3n) is 6.03. The van der Waals surface area contributed by atoms with E-state index in [0.717, 1.165) is 20.3 Å². The van der Waals surface area contributed by atoms with E-state index in [0.29, 0.717) is 33.0 Å². The van der Waals surface area contributed by atoms with Gasteiger partial charge in [-0.15, -0.1) is 0 Å². The zero-order chi connectivity index (χ0) is 26.6. The van der Waals surface area contributed by atoms with Gasteiger partial charge in [-0.3, -0.25) is 9.36 Å². The summed E-state index contributed by atoms with van der Waals surface area (Å²) in [6.07, 6.45) is 1.87. The molecule has 0 unspecified atom stereocenters. The lowest BCUT2D eigenvalue weighted by Gasteiger charge is -2.26. The molecular formula is C30H25IN2O4S. The zero-order valence-electron chi connectivity index (χ0n) is 20.9. The number of rotatable bonds is 7. The van der Waals surface area contributed by atoms with Crippen molar-refractivity contribution in [1.29, 1.82) is 0 Å². The monoisotopic (exact) mass is 636 g/mol. The Hall–Kier alpha value is -3.50. The summed E-state index contributed by atoms with van der Waals surface area (Å²) in [7, 11) is 0. The highest BCUT2D eigenvalue weighted by atomic mass is 127. The molecule has 1 aliphatic heterocycles. The topological polar surface area (TPSA) is 69.9 Å². The lowest BCUT2D eigenvalue weighted by molar-refractivity contribution is -0.138. The standard InChI is InChI=1S/C30H25IN2O4S/c1-3-36-23-15-13-21(14-16-23)27-25(29(35)37-4-2)26(20-10-6-5-7-11-20)32-30-33(27)28(34)24(38-30)18-19-9-8-12-22(31)17-19/h5-18,27H,3-4H2,1-2H3/b24-18+/t27-/m0/s1.